The van der Waals surface area contributed by atoms with Gasteiger partial charge in [0.05, 0.1) is 5.54 Å². The number of Topliss-reactive ketones (excluding diaryl/α,β-unsaturated/α-hetero) is 1. The van der Waals surface area contributed by atoms with Crippen molar-refractivity contribution in [2.24, 2.45) is 5.73 Å². The van der Waals surface area contributed by atoms with Crippen LogP contribution < -0.4 is 5.73 Å². The van der Waals surface area contributed by atoms with Crippen molar-refractivity contribution in [3.8, 4) is 0 Å². The molecule has 2 N–H and O–H groups in total. The first-order valence-electron chi connectivity index (χ1n) is 4.17. The SMILES string of the molecule is NC1(c2cccc(F)c2)CC(=O)C1. The molecule has 0 amide bonds. The largest absolute Gasteiger partial charge is 0.321 e. The highest BCUT2D eigenvalue weighted by atomic mass is 19.1. The van der Waals surface area contributed by atoms with Crippen LogP contribution in [-0.4, -0.2) is 5.78 Å². The summed E-state index contributed by atoms with van der Waals surface area (Å²) >= 11 is 0. The van der Waals surface area contributed by atoms with Crippen molar-refractivity contribution in [1.29, 1.82) is 0 Å². The Morgan fingerprint density at radius 2 is 2.08 bits per heavy atom. The molecule has 0 spiro atoms. The first-order chi connectivity index (χ1) is 6.10. The molecular weight excluding hydrogens is 169 g/mol. The predicted molar refractivity (Wildman–Crippen MR) is 46.5 cm³/mol. The Balaban J connectivity index is 2.31. The predicted octanol–water partition coefficient (Wildman–Crippen LogP) is 1.34. The van der Waals surface area contributed by atoms with Gasteiger partial charge >= 0.3 is 0 Å². The van der Waals surface area contributed by atoms with E-state index in [1.807, 2.05) is 0 Å². The van der Waals surface area contributed by atoms with E-state index < -0.39 is 5.54 Å². The van der Waals surface area contributed by atoms with Crippen LogP contribution in [0.1, 0.15) is 18.4 Å². The summed E-state index contributed by atoms with van der Waals surface area (Å²) in [5.74, 6) is -0.159. The zero-order chi connectivity index (χ0) is 9.47. The molecular formula is C10H10FNO. The minimum Gasteiger partial charge on any atom is -0.321 e. The van der Waals surface area contributed by atoms with Crippen LogP contribution >= 0.6 is 0 Å². The molecule has 1 fully saturated rings. The fourth-order valence-electron chi connectivity index (χ4n) is 1.65. The van der Waals surface area contributed by atoms with Gasteiger partial charge in [-0.2, -0.15) is 0 Å². The molecule has 13 heavy (non-hydrogen) atoms. The van der Waals surface area contributed by atoms with Crippen molar-refractivity contribution in [1.82, 2.24) is 0 Å². The lowest BCUT2D eigenvalue weighted by Crippen LogP contribution is -2.49. The molecule has 3 heteroatoms. The fourth-order valence-corrected chi connectivity index (χ4v) is 1.65. The van der Waals surface area contributed by atoms with E-state index in [-0.39, 0.29) is 11.6 Å². The third kappa shape index (κ3) is 1.35. The van der Waals surface area contributed by atoms with Gasteiger partial charge in [0.1, 0.15) is 11.6 Å². The molecule has 0 radical (unpaired) electrons. The molecule has 2 rings (SSSR count). The number of benzene rings is 1. The Labute approximate surface area is 75.6 Å². The van der Waals surface area contributed by atoms with Crippen LogP contribution in [0.15, 0.2) is 24.3 Å². The average molecular weight is 179 g/mol. The van der Waals surface area contributed by atoms with Crippen LogP contribution in [0.25, 0.3) is 0 Å². The highest BCUT2D eigenvalue weighted by Crippen LogP contribution is 2.35. The maximum absolute atomic E-state index is 12.8. The van der Waals surface area contributed by atoms with Gasteiger partial charge in [-0.25, -0.2) is 4.39 Å². The van der Waals surface area contributed by atoms with E-state index in [9.17, 15) is 9.18 Å². The Bertz CT molecular complexity index is 354. The molecule has 2 nitrogen and oxygen atoms in total. The molecule has 1 aromatic rings. The van der Waals surface area contributed by atoms with E-state index in [2.05, 4.69) is 0 Å². The second-order valence-electron chi connectivity index (χ2n) is 3.56. The van der Waals surface area contributed by atoms with Crippen LogP contribution in [0.4, 0.5) is 4.39 Å². The normalized spacial score (nSPS) is 19.7. The first kappa shape index (κ1) is 8.38. The van der Waals surface area contributed by atoms with Crippen molar-refractivity contribution >= 4 is 5.78 Å². The van der Waals surface area contributed by atoms with E-state index >= 15 is 0 Å². The second kappa shape index (κ2) is 2.64. The van der Waals surface area contributed by atoms with E-state index in [4.69, 9.17) is 5.73 Å². The van der Waals surface area contributed by atoms with E-state index in [0.717, 1.165) is 0 Å². The molecule has 1 aliphatic rings. The van der Waals surface area contributed by atoms with Crippen LogP contribution in [0.2, 0.25) is 0 Å². The zero-order valence-electron chi connectivity index (χ0n) is 7.09. The molecule has 1 aromatic carbocycles. The smallest absolute Gasteiger partial charge is 0.137 e. The molecule has 0 saturated heterocycles. The summed E-state index contributed by atoms with van der Waals surface area (Å²) in [5.41, 5.74) is 6.00. The highest BCUT2D eigenvalue weighted by Gasteiger charge is 2.41. The lowest BCUT2D eigenvalue weighted by molar-refractivity contribution is -0.128. The van der Waals surface area contributed by atoms with Crippen molar-refractivity contribution < 1.29 is 9.18 Å². The maximum Gasteiger partial charge on any atom is 0.137 e. The van der Waals surface area contributed by atoms with Crippen LogP contribution in [-0.2, 0) is 10.3 Å². The average Bonchev–Trinajstić information content (AvgIpc) is 2.02. The quantitative estimate of drug-likeness (QED) is 0.707. The number of rotatable bonds is 1. The highest BCUT2D eigenvalue weighted by molar-refractivity contribution is 5.88. The molecule has 1 saturated carbocycles. The van der Waals surface area contributed by atoms with Crippen LogP contribution in [0.5, 0.6) is 0 Å². The Morgan fingerprint density at radius 3 is 2.62 bits per heavy atom. The number of carbonyl (C=O) groups is 1. The molecule has 0 aromatic heterocycles. The number of hydrogen-bond donors (Lipinski definition) is 1. The minimum absolute atomic E-state index is 0.145. The number of halogens is 1. The number of hydrogen-bond acceptors (Lipinski definition) is 2. The lowest BCUT2D eigenvalue weighted by Gasteiger charge is -2.36. The van der Waals surface area contributed by atoms with E-state index in [1.54, 1.807) is 12.1 Å². The zero-order valence-corrected chi connectivity index (χ0v) is 7.09. The molecule has 68 valence electrons. The summed E-state index contributed by atoms with van der Waals surface area (Å²) in [6, 6.07) is 6.14. The molecule has 0 unspecified atom stereocenters. The first-order valence-corrected chi connectivity index (χ1v) is 4.17. The Hall–Kier alpha value is -1.22. The van der Waals surface area contributed by atoms with Crippen LogP contribution in [0, 0.1) is 5.82 Å². The fraction of sp³-hybridized carbons (Fsp3) is 0.300. The maximum atomic E-state index is 12.8. The summed E-state index contributed by atoms with van der Waals surface area (Å²) in [7, 11) is 0. The Kier molecular flexibility index (Phi) is 1.70. The van der Waals surface area contributed by atoms with Crippen LogP contribution in [0.3, 0.4) is 0 Å². The third-order valence-electron chi connectivity index (χ3n) is 2.42. The number of ketones is 1. The topological polar surface area (TPSA) is 43.1 Å². The summed E-state index contributed by atoms with van der Waals surface area (Å²) in [5, 5.41) is 0. The number of carbonyl (C=O) groups excluding carboxylic acids is 1. The monoisotopic (exact) mass is 179 g/mol. The van der Waals surface area contributed by atoms with Gasteiger partial charge in [0.25, 0.3) is 0 Å². The second-order valence-corrected chi connectivity index (χ2v) is 3.56. The number of nitrogens with two attached hydrogens (primary N) is 1. The van der Waals surface area contributed by atoms with Gasteiger partial charge in [-0.3, -0.25) is 4.79 Å². The molecule has 0 aliphatic heterocycles. The third-order valence-corrected chi connectivity index (χ3v) is 2.42. The van der Waals surface area contributed by atoms with Gasteiger partial charge in [0, 0.05) is 12.8 Å². The lowest BCUT2D eigenvalue weighted by atomic mass is 9.72. The minimum atomic E-state index is -0.612. The van der Waals surface area contributed by atoms with Crippen molar-refractivity contribution in [2.45, 2.75) is 18.4 Å². The summed E-state index contributed by atoms with van der Waals surface area (Å²) in [6.45, 7) is 0. The van der Waals surface area contributed by atoms with Gasteiger partial charge in [-0.05, 0) is 17.7 Å². The molecule has 0 bridgehead atoms. The summed E-state index contributed by atoms with van der Waals surface area (Å²) < 4.78 is 12.8. The molecule has 0 heterocycles. The van der Waals surface area contributed by atoms with Crippen molar-refractivity contribution in [2.75, 3.05) is 0 Å². The Morgan fingerprint density at radius 1 is 1.38 bits per heavy atom. The van der Waals surface area contributed by atoms with Gasteiger partial charge in [0.15, 0.2) is 0 Å². The van der Waals surface area contributed by atoms with Gasteiger partial charge < -0.3 is 5.73 Å². The van der Waals surface area contributed by atoms with E-state index in [0.29, 0.717) is 18.4 Å². The standard InChI is InChI=1S/C10H10FNO/c11-8-3-1-2-7(4-8)10(12)5-9(13)6-10/h1-4H,5-6,12H2. The van der Waals surface area contributed by atoms with Gasteiger partial charge in [0.2, 0.25) is 0 Å². The van der Waals surface area contributed by atoms with Crippen molar-refractivity contribution in [3.05, 3.63) is 35.6 Å². The summed E-state index contributed by atoms with van der Waals surface area (Å²) in [4.78, 5) is 10.8. The van der Waals surface area contributed by atoms with Crippen molar-refractivity contribution in [3.63, 3.8) is 0 Å². The molecule has 0 atom stereocenters. The molecule has 1 aliphatic carbocycles. The van der Waals surface area contributed by atoms with E-state index in [1.165, 1.54) is 12.1 Å². The van der Waals surface area contributed by atoms with Gasteiger partial charge in [-0.15, -0.1) is 0 Å². The van der Waals surface area contributed by atoms with Gasteiger partial charge in [-0.1, -0.05) is 12.1 Å². The summed E-state index contributed by atoms with van der Waals surface area (Å²) in [6.07, 6.45) is 0.660.